The number of carbonyl (C=O) groups is 2. The molecule has 0 saturated carbocycles. The van der Waals surface area contributed by atoms with Crippen molar-refractivity contribution in [3.8, 4) is 0 Å². The van der Waals surface area contributed by atoms with Gasteiger partial charge in [-0.05, 0) is 30.7 Å². The molecule has 0 aliphatic rings. The Kier molecular flexibility index (Phi) is 5.51. The Balaban J connectivity index is 1.66. The van der Waals surface area contributed by atoms with Crippen molar-refractivity contribution in [2.75, 3.05) is 13.1 Å². The molecular formula is C14H15BrN4O2. The van der Waals surface area contributed by atoms with Gasteiger partial charge in [0.2, 0.25) is 0 Å². The predicted molar refractivity (Wildman–Crippen MR) is 82.0 cm³/mol. The second kappa shape index (κ2) is 7.58. The van der Waals surface area contributed by atoms with E-state index < -0.39 is 0 Å². The topological polar surface area (TPSA) is 86.9 Å². The van der Waals surface area contributed by atoms with E-state index >= 15 is 0 Å². The largest absolute Gasteiger partial charge is 0.352 e. The average molecular weight is 351 g/mol. The third-order valence-corrected chi connectivity index (χ3v) is 3.25. The summed E-state index contributed by atoms with van der Waals surface area (Å²) in [6.07, 6.45) is 2.17. The van der Waals surface area contributed by atoms with Crippen LogP contribution in [0.2, 0.25) is 0 Å². The molecule has 0 aliphatic heterocycles. The van der Waals surface area contributed by atoms with E-state index in [1.54, 1.807) is 18.2 Å². The molecule has 3 N–H and O–H groups in total. The van der Waals surface area contributed by atoms with Crippen molar-refractivity contribution in [1.29, 1.82) is 0 Å². The maximum absolute atomic E-state index is 11.8. The van der Waals surface area contributed by atoms with Gasteiger partial charge in [0.1, 0.15) is 5.69 Å². The Bertz CT molecular complexity index is 613. The fourth-order valence-electron chi connectivity index (χ4n) is 1.70. The summed E-state index contributed by atoms with van der Waals surface area (Å²) in [5.41, 5.74) is 1.03. The van der Waals surface area contributed by atoms with Gasteiger partial charge in [-0.15, -0.1) is 0 Å². The molecule has 1 heterocycles. The first-order chi connectivity index (χ1) is 10.2. The van der Waals surface area contributed by atoms with Crippen LogP contribution in [0.1, 0.15) is 27.3 Å². The summed E-state index contributed by atoms with van der Waals surface area (Å²) in [7, 11) is 0. The van der Waals surface area contributed by atoms with Gasteiger partial charge in [-0.25, -0.2) is 0 Å². The molecule has 0 bridgehead atoms. The molecule has 2 rings (SSSR count). The Morgan fingerprint density at radius 2 is 1.90 bits per heavy atom. The first-order valence-corrected chi connectivity index (χ1v) is 7.27. The Labute approximate surface area is 130 Å². The number of amides is 2. The van der Waals surface area contributed by atoms with E-state index in [2.05, 4.69) is 36.8 Å². The van der Waals surface area contributed by atoms with Crippen molar-refractivity contribution in [2.45, 2.75) is 6.42 Å². The van der Waals surface area contributed by atoms with Crippen LogP contribution in [0.25, 0.3) is 0 Å². The van der Waals surface area contributed by atoms with Crippen LogP contribution in [0.15, 0.2) is 41.0 Å². The highest BCUT2D eigenvalue weighted by molar-refractivity contribution is 9.10. The summed E-state index contributed by atoms with van der Waals surface area (Å²) in [5, 5.41) is 11.8. The molecule has 0 unspecified atom stereocenters. The van der Waals surface area contributed by atoms with Gasteiger partial charge in [0.15, 0.2) is 0 Å². The monoisotopic (exact) mass is 350 g/mol. The number of rotatable bonds is 6. The molecule has 0 radical (unpaired) electrons. The van der Waals surface area contributed by atoms with Gasteiger partial charge in [0.05, 0.1) is 0 Å². The summed E-state index contributed by atoms with van der Waals surface area (Å²) < 4.78 is 0.863. The predicted octanol–water partition coefficient (Wildman–Crippen LogP) is 1.72. The van der Waals surface area contributed by atoms with Crippen molar-refractivity contribution in [2.24, 2.45) is 0 Å². The van der Waals surface area contributed by atoms with E-state index in [1.165, 1.54) is 6.20 Å². The highest BCUT2D eigenvalue weighted by Crippen LogP contribution is 2.11. The fraction of sp³-hybridized carbons (Fsp3) is 0.214. The lowest BCUT2D eigenvalue weighted by Crippen LogP contribution is -2.30. The molecule has 2 aromatic rings. The summed E-state index contributed by atoms with van der Waals surface area (Å²) in [5.74, 6) is -0.331. The second-order valence-corrected chi connectivity index (χ2v) is 5.26. The third kappa shape index (κ3) is 4.71. The number of halogens is 1. The molecule has 0 atom stereocenters. The quantitative estimate of drug-likeness (QED) is 0.693. The lowest BCUT2D eigenvalue weighted by Gasteiger charge is -2.06. The van der Waals surface area contributed by atoms with Crippen molar-refractivity contribution in [3.05, 3.63) is 52.3 Å². The molecule has 0 spiro atoms. The minimum Gasteiger partial charge on any atom is -0.352 e. The molecule has 2 amide bonds. The Hall–Kier alpha value is -2.15. The molecule has 0 saturated heterocycles. The van der Waals surface area contributed by atoms with Gasteiger partial charge < -0.3 is 10.6 Å². The summed E-state index contributed by atoms with van der Waals surface area (Å²) in [6.45, 7) is 0.977. The Morgan fingerprint density at radius 1 is 1.14 bits per heavy atom. The molecule has 6 nitrogen and oxygen atoms in total. The maximum Gasteiger partial charge on any atom is 0.269 e. The van der Waals surface area contributed by atoms with Crippen LogP contribution in [0.5, 0.6) is 0 Å². The Morgan fingerprint density at radius 3 is 2.57 bits per heavy atom. The van der Waals surface area contributed by atoms with Crippen LogP contribution < -0.4 is 10.6 Å². The minimum atomic E-state index is -0.203. The zero-order valence-electron chi connectivity index (χ0n) is 11.2. The number of H-pyrrole nitrogens is 1. The molecule has 110 valence electrons. The van der Waals surface area contributed by atoms with Gasteiger partial charge in [-0.3, -0.25) is 14.7 Å². The standard InChI is InChI=1S/C14H15BrN4O2/c15-11-4-1-3-10(9-11)13(20)16-6-2-7-17-14(21)12-5-8-18-19-12/h1,3-5,8-9H,2,6-7H2,(H,16,20)(H,17,21)(H,18,19). The zero-order valence-corrected chi connectivity index (χ0v) is 12.8. The minimum absolute atomic E-state index is 0.129. The first kappa shape index (κ1) is 15.2. The number of carbonyl (C=O) groups excluding carboxylic acids is 2. The van der Waals surface area contributed by atoms with E-state index in [0.29, 0.717) is 30.8 Å². The number of nitrogens with one attached hydrogen (secondary N) is 3. The van der Waals surface area contributed by atoms with E-state index in [-0.39, 0.29) is 11.8 Å². The van der Waals surface area contributed by atoms with Gasteiger partial charge in [0, 0.05) is 29.3 Å². The van der Waals surface area contributed by atoms with Gasteiger partial charge >= 0.3 is 0 Å². The zero-order chi connectivity index (χ0) is 15.1. The van der Waals surface area contributed by atoms with Crippen molar-refractivity contribution in [3.63, 3.8) is 0 Å². The number of aromatic amines is 1. The summed E-state index contributed by atoms with van der Waals surface area (Å²) in [4.78, 5) is 23.4. The van der Waals surface area contributed by atoms with Crippen LogP contribution in [-0.2, 0) is 0 Å². The lowest BCUT2D eigenvalue weighted by atomic mass is 10.2. The third-order valence-electron chi connectivity index (χ3n) is 2.76. The summed E-state index contributed by atoms with van der Waals surface area (Å²) in [6, 6.07) is 8.78. The number of hydrogen-bond donors (Lipinski definition) is 3. The second-order valence-electron chi connectivity index (χ2n) is 4.35. The molecule has 0 fully saturated rings. The summed E-state index contributed by atoms with van der Waals surface area (Å²) >= 11 is 3.32. The number of benzene rings is 1. The van der Waals surface area contributed by atoms with Gasteiger partial charge in [-0.2, -0.15) is 5.10 Å². The molecule has 21 heavy (non-hydrogen) atoms. The van der Waals surface area contributed by atoms with Crippen molar-refractivity contribution in [1.82, 2.24) is 20.8 Å². The highest BCUT2D eigenvalue weighted by atomic mass is 79.9. The fourth-order valence-corrected chi connectivity index (χ4v) is 2.10. The molecule has 7 heteroatoms. The van der Waals surface area contributed by atoms with Crippen molar-refractivity contribution < 1.29 is 9.59 Å². The molecular weight excluding hydrogens is 336 g/mol. The molecule has 1 aromatic heterocycles. The van der Waals surface area contributed by atoms with E-state index in [0.717, 1.165) is 4.47 Å². The number of aromatic nitrogens is 2. The van der Waals surface area contributed by atoms with E-state index in [9.17, 15) is 9.59 Å². The molecule has 1 aromatic carbocycles. The normalized spacial score (nSPS) is 10.1. The molecule has 0 aliphatic carbocycles. The smallest absolute Gasteiger partial charge is 0.269 e. The lowest BCUT2D eigenvalue weighted by molar-refractivity contribution is 0.0948. The van der Waals surface area contributed by atoms with E-state index in [1.807, 2.05) is 12.1 Å². The van der Waals surface area contributed by atoms with Gasteiger partial charge in [0.25, 0.3) is 11.8 Å². The van der Waals surface area contributed by atoms with Crippen LogP contribution in [0.4, 0.5) is 0 Å². The van der Waals surface area contributed by atoms with Crippen LogP contribution in [0.3, 0.4) is 0 Å². The van der Waals surface area contributed by atoms with Crippen molar-refractivity contribution >= 4 is 27.7 Å². The maximum atomic E-state index is 11.8. The number of nitrogens with zero attached hydrogens (tertiary/aromatic N) is 1. The number of hydrogen-bond acceptors (Lipinski definition) is 3. The van der Waals surface area contributed by atoms with Crippen LogP contribution in [0, 0.1) is 0 Å². The van der Waals surface area contributed by atoms with E-state index in [4.69, 9.17) is 0 Å². The average Bonchev–Trinajstić information content (AvgIpc) is 3.00. The highest BCUT2D eigenvalue weighted by Gasteiger charge is 2.06. The van der Waals surface area contributed by atoms with Crippen LogP contribution >= 0.6 is 15.9 Å². The van der Waals surface area contributed by atoms with Gasteiger partial charge in [-0.1, -0.05) is 22.0 Å². The SMILES string of the molecule is O=C(NCCCNC(=O)c1ccn[nH]1)c1cccc(Br)c1. The first-order valence-electron chi connectivity index (χ1n) is 6.48. The van der Waals surface area contributed by atoms with Crippen LogP contribution in [-0.4, -0.2) is 35.1 Å².